The Bertz CT molecular complexity index is 164. The lowest BCUT2D eigenvalue weighted by Crippen LogP contribution is -1.96. The molecule has 1 aromatic rings. The van der Waals surface area contributed by atoms with Crippen molar-refractivity contribution in [2.24, 2.45) is 0 Å². The fourth-order valence-corrected chi connectivity index (χ4v) is 1.20. The second kappa shape index (κ2) is 4.35. The predicted molar refractivity (Wildman–Crippen MR) is 41.8 cm³/mol. The highest BCUT2D eigenvalue weighted by Crippen LogP contribution is 2.01. The van der Waals surface area contributed by atoms with Crippen LogP contribution < -0.4 is 0 Å². The molecule has 1 N–H and O–H groups in total. The summed E-state index contributed by atoms with van der Waals surface area (Å²) in [5, 5.41) is 12.4. The summed E-state index contributed by atoms with van der Waals surface area (Å²) in [5.41, 5.74) is 0. The van der Waals surface area contributed by atoms with E-state index in [0.717, 1.165) is 11.6 Å². The molecule has 56 valence electrons. The molecule has 0 fully saturated rings. The SMILES string of the molecule is OCCSCn1cccn1. The monoisotopic (exact) mass is 158 g/mol. The van der Waals surface area contributed by atoms with Crippen LogP contribution in [0.15, 0.2) is 18.5 Å². The average Bonchev–Trinajstić information content (AvgIpc) is 2.41. The van der Waals surface area contributed by atoms with Gasteiger partial charge >= 0.3 is 0 Å². The molecule has 3 nitrogen and oxygen atoms in total. The Morgan fingerprint density at radius 3 is 3.10 bits per heavy atom. The number of nitrogens with zero attached hydrogens (tertiary/aromatic N) is 2. The number of rotatable bonds is 4. The Kier molecular flexibility index (Phi) is 3.32. The summed E-state index contributed by atoms with van der Waals surface area (Å²) in [6, 6.07) is 1.89. The molecule has 1 aromatic heterocycles. The molecule has 0 aromatic carbocycles. The Balaban J connectivity index is 2.15. The van der Waals surface area contributed by atoms with Gasteiger partial charge in [-0.1, -0.05) is 0 Å². The normalized spacial score (nSPS) is 10.1. The van der Waals surface area contributed by atoms with Crippen LogP contribution in [0.4, 0.5) is 0 Å². The van der Waals surface area contributed by atoms with E-state index in [9.17, 15) is 0 Å². The van der Waals surface area contributed by atoms with Crippen LogP contribution in [0.25, 0.3) is 0 Å². The van der Waals surface area contributed by atoms with Crippen molar-refractivity contribution in [3.63, 3.8) is 0 Å². The van der Waals surface area contributed by atoms with Crippen LogP contribution in [0.3, 0.4) is 0 Å². The van der Waals surface area contributed by atoms with Crippen LogP contribution in [-0.2, 0) is 5.88 Å². The van der Waals surface area contributed by atoms with Crippen LogP contribution in [0, 0.1) is 0 Å². The maximum Gasteiger partial charge on any atom is 0.0864 e. The minimum absolute atomic E-state index is 0.242. The lowest BCUT2D eigenvalue weighted by atomic mass is 10.8. The number of hydrogen-bond acceptors (Lipinski definition) is 3. The lowest BCUT2D eigenvalue weighted by Gasteiger charge is -1.97. The molecule has 0 saturated carbocycles. The van der Waals surface area contributed by atoms with Gasteiger partial charge in [-0.05, 0) is 6.07 Å². The van der Waals surface area contributed by atoms with Crippen molar-refractivity contribution in [3.05, 3.63) is 18.5 Å². The van der Waals surface area contributed by atoms with E-state index in [1.807, 2.05) is 16.9 Å². The van der Waals surface area contributed by atoms with Gasteiger partial charge in [-0.15, -0.1) is 11.8 Å². The molecule has 0 bridgehead atoms. The first-order chi connectivity index (χ1) is 4.93. The van der Waals surface area contributed by atoms with Gasteiger partial charge in [0, 0.05) is 18.1 Å². The summed E-state index contributed by atoms with van der Waals surface area (Å²) in [4.78, 5) is 0. The van der Waals surface area contributed by atoms with Gasteiger partial charge in [0.15, 0.2) is 0 Å². The zero-order chi connectivity index (χ0) is 7.23. The van der Waals surface area contributed by atoms with Crippen molar-refractivity contribution in [1.29, 1.82) is 0 Å². The summed E-state index contributed by atoms with van der Waals surface area (Å²) in [6.45, 7) is 0.242. The van der Waals surface area contributed by atoms with Gasteiger partial charge in [-0.25, -0.2) is 0 Å². The van der Waals surface area contributed by atoms with E-state index < -0.39 is 0 Å². The van der Waals surface area contributed by atoms with E-state index in [-0.39, 0.29) is 6.61 Å². The highest BCUT2D eigenvalue weighted by Gasteiger charge is 1.88. The molecule has 0 atom stereocenters. The molecular weight excluding hydrogens is 148 g/mol. The van der Waals surface area contributed by atoms with E-state index in [1.54, 1.807) is 18.0 Å². The van der Waals surface area contributed by atoms with Crippen LogP contribution >= 0.6 is 11.8 Å². The number of aromatic nitrogens is 2. The minimum atomic E-state index is 0.242. The topological polar surface area (TPSA) is 38.0 Å². The van der Waals surface area contributed by atoms with Crippen molar-refractivity contribution in [2.75, 3.05) is 12.4 Å². The summed E-state index contributed by atoms with van der Waals surface area (Å²) < 4.78 is 1.83. The van der Waals surface area contributed by atoms with E-state index in [1.165, 1.54) is 0 Å². The lowest BCUT2D eigenvalue weighted by molar-refractivity contribution is 0.322. The summed E-state index contributed by atoms with van der Waals surface area (Å²) in [7, 11) is 0. The quantitative estimate of drug-likeness (QED) is 0.651. The molecule has 0 saturated heterocycles. The van der Waals surface area contributed by atoms with Crippen LogP contribution in [-0.4, -0.2) is 27.2 Å². The molecule has 4 heteroatoms. The molecule has 1 rings (SSSR count). The van der Waals surface area contributed by atoms with Crippen molar-refractivity contribution >= 4 is 11.8 Å². The Morgan fingerprint density at radius 2 is 2.50 bits per heavy atom. The van der Waals surface area contributed by atoms with Crippen LogP contribution in [0.2, 0.25) is 0 Å². The Hall–Kier alpha value is -0.480. The summed E-state index contributed by atoms with van der Waals surface area (Å²) >= 11 is 1.66. The highest BCUT2D eigenvalue weighted by molar-refractivity contribution is 7.98. The van der Waals surface area contributed by atoms with E-state index in [2.05, 4.69) is 5.10 Å². The van der Waals surface area contributed by atoms with Crippen LogP contribution in [0.1, 0.15) is 0 Å². The number of thioether (sulfide) groups is 1. The Morgan fingerprint density at radius 1 is 1.60 bits per heavy atom. The van der Waals surface area contributed by atoms with Gasteiger partial charge in [0.05, 0.1) is 12.5 Å². The van der Waals surface area contributed by atoms with Gasteiger partial charge in [0.2, 0.25) is 0 Å². The predicted octanol–water partition coefficient (Wildman–Crippen LogP) is 0.566. The second-order valence-electron chi connectivity index (χ2n) is 1.81. The van der Waals surface area contributed by atoms with Crippen molar-refractivity contribution < 1.29 is 5.11 Å². The average molecular weight is 158 g/mol. The maximum atomic E-state index is 8.44. The molecule has 0 aliphatic carbocycles. The largest absolute Gasteiger partial charge is 0.396 e. The van der Waals surface area contributed by atoms with Gasteiger partial charge in [-0.3, -0.25) is 4.68 Å². The molecule has 1 heterocycles. The van der Waals surface area contributed by atoms with Gasteiger partial charge in [0.25, 0.3) is 0 Å². The molecule has 10 heavy (non-hydrogen) atoms. The molecule has 0 aliphatic rings. The standard InChI is InChI=1S/C6H10N2OS/c9-4-5-10-6-8-3-1-2-7-8/h1-3,9H,4-6H2. The third-order valence-electron chi connectivity index (χ3n) is 1.02. The molecule has 0 spiro atoms. The molecule has 0 unspecified atom stereocenters. The first-order valence-corrected chi connectivity index (χ1v) is 4.25. The van der Waals surface area contributed by atoms with Crippen molar-refractivity contribution in [3.8, 4) is 0 Å². The smallest absolute Gasteiger partial charge is 0.0864 e. The van der Waals surface area contributed by atoms with E-state index in [0.29, 0.717) is 0 Å². The zero-order valence-corrected chi connectivity index (χ0v) is 6.42. The van der Waals surface area contributed by atoms with E-state index in [4.69, 9.17) is 5.11 Å². The molecular formula is C6H10N2OS. The number of aliphatic hydroxyl groups is 1. The fourth-order valence-electron chi connectivity index (χ4n) is 0.599. The Labute approximate surface area is 64.1 Å². The molecule has 0 aliphatic heterocycles. The summed E-state index contributed by atoms with van der Waals surface area (Å²) in [6.07, 6.45) is 3.66. The maximum absolute atomic E-state index is 8.44. The van der Waals surface area contributed by atoms with Crippen molar-refractivity contribution in [2.45, 2.75) is 5.88 Å². The summed E-state index contributed by atoms with van der Waals surface area (Å²) in [5.74, 6) is 1.60. The van der Waals surface area contributed by atoms with E-state index >= 15 is 0 Å². The van der Waals surface area contributed by atoms with Crippen molar-refractivity contribution in [1.82, 2.24) is 9.78 Å². The molecule has 0 amide bonds. The molecule has 0 radical (unpaired) electrons. The fraction of sp³-hybridized carbons (Fsp3) is 0.500. The third-order valence-corrected chi connectivity index (χ3v) is 1.94. The highest BCUT2D eigenvalue weighted by atomic mass is 32.2. The third kappa shape index (κ3) is 2.41. The first kappa shape index (κ1) is 7.63. The van der Waals surface area contributed by atoms with Gasteiger partial charge in [-0.2, -0.15) is 5.10 Å². The first-order valence-electron chi connectivity index (χ1n) is 3.09. The van der Waals surface area contributed by atoms with Gasteiger partial charge in [0.1, 0.15) is 0 Å². The number of hydrogen-bond donors (Lipinski definition) is 1. The minimum Gasteiger partial charge on any atom is -0.396 e. The van der Waals surface area contributed by atoms with Gasteiger partial charge < -0.3 is 5.11 Å². The zero-order valence-electron chi connectivity index (χ0n) is 5.60. The second-order valence-corrected chi connectivity index (χ2v) is 2.88. The number of aliphatic hydroxyl groups excluding tert-OH is 1. The van der Waals surface area contributed by atoms with Crippen LogP contribution in [0.5, 0.6) is 0 Å².